The summed E-state index contributed by atoms with van der Waals surface area (Å²) in [6, 6.07) is 8.49. The van der Waals surface area contributed by atoms with Crippen LogP contribution in [0.4, 0.5) is 0 Å². The molecule has 1 saturated heterocycles. The molecular formula is C22H30N4O2. The van der Waals surface area contributed by atoms with E-state index in [0.717, 1.165) is 42.7 Å². The molecule has 2 aromatic rings. The van der Waals surface area contributed by atoms with Crippen LogP contribution >= 0.6 is 0 Å². The molecule has 2 heterocycles. The van der Waals surface area contributed by atoms with Crippen LogP contribution in [0.15, 0.2) is 24.3 Å². The first-order valence-electron chi connectivity index (χ1n) is 10.6. The van der Waals surface area contributed by atoms with Crippen molar-refractivity contribution in [3.63, 3.8) is 0 Å². The van der Waals surface area contributed by atoms with Gasteiger partial charge in [-0.25, -0.2) is 4.98 Å². The summed E-state index contributed by atoms with van der Waals surface area (Å²) in [5.41, 5.74) is 2.15. The Morgan fingerprint density at radius 3 is 2.82 bits per heavy atom. The minimum atomic E-state index is -0.190. The van der Waals surface area contributed by atoms with Gasteiger partial charge in [0.15, 0.2) is 0 Å². The van der Waals surface area contributed by atoms with E-state index in [1.54, 1.807) is 0 Å². The second-order valence-electron chi connectivity index (χ2n) is 8.18. The summed E-state index contributed by atoms with van der Waals surface area (Å²) in [5.74, 6) is 0.994. The molecule has 0 spiro atoms. The fourth-order valence-electron chi connectivity index (χ4n) is 4.72. The van der Waals surface area contributed by atoms with Crippen molar-refractivity contribution in [2.75, 3.05) is 13.1 Å². The standard InChI is InChI=1S/C22H30N4O2/c1-16-24-19-10-5-6-11-20(19)25(16)13-7-12-23-22(28)17-14-21(27)26(15-17)18-8-3-2-4-9-18/h5-6,10-11,17-18H,2-4,7-9,12-15H2,1H3,(H,23,28). The van der Waals surface area contributed by atoms with Crippen molar-refractivity contribution in [1.82, 2.24) is 19.8 Å². The first-order chi connectivity index (χ1) is 13.6. The molecule has 6 nitrogen and oxygen atoms in total. The Balaban J connectivity index is 1.25. The van der Waals surface area contributed by atoms with Crippen molar-refractivity contribution in [3.8, 4) is 0 Å². The van der Waals surface area contributed by atoms with Crippen LogP contribution in [0.1, 0.15) is 50.8 Å². The smallest absolute Gasteiger partial charge is 0.225 e. The number of benzene rings is 1. The molecule has 4 rings (SSSR count). The van der Waals surface area contributed by atoms with Crippen molar-refractivity contribution in [3.05, 3.63) is 30.1 Å². The third-order valence-corrected chi connectivity index (χ3v) is 6.25. The van der Waals surface area contributed by atoms with E-state index in [9.17, 15) is 9.59 Å². The van der Waals surface area contributed by atoms with E-state index < -0.39 is 0 Å². The predicted octanol–water partition coefficient (Wildman–Crippen LogP) is 3.03. The van der Waals surface area contributed by atoms with E-state index in [-0.39, 0.29) is 17.7 Å². The quantitative estimate of drug-likeness (QED) is 0.781. The fourth-order valence-corrected chi connectivity index (χ4v) is 4.72. The lowest BCUT2D eigenvalue weighted by Gasteiger charge is -2.31. The maximum atomic E-state index is 12.6. The number of para-hydroxylation sites is 2. The molecule has 0 radical (unpaired) electrons. The SMILES string of the molecule is Cc1nc2ccccc2n1CCCNC(=O)C1CC(=O)N(C2CCCCC2)C1. The fraction of sp³-hybridized carbons (Fsp3) is 0.591. The number of imidazole rings is 1. The second kappa shape index (κ2) is 8.33. The Morgan fingerprint density at radius 1 is 1.21 bits per heavy atom. The van der Waals surface area contributed by atoms with Gasteiger partial charge in [0.25, 0.3) is 0 Å². The first kappa shape index (κ1) is 19.0. The molecule has 2 amide bonds. The molecule has 1 aromatic heterocycles. The molecule has 28 heavy (non-hydrogen) atoms. The Morgan fingerprint density at radius 2 is 2.00 bits per heavy atom. The van der Waals surface area contributed by atoms with Gasteiger partial charge in [0.2, 0.25) is 11.8 Å². The number of aryl methyl sites for hydroxylation is 2. The van der Waals surface area contributed by atoms with Crippen LogP contribution in [0.3, 0.4) is 0 Å². The zero-order chi connectivity index (χ0) is 19.5. The van der Waals surface area contributed by atoms with E-state index in [1.165, 1.54) is 19.3 Å². The maximum absolute atomic E-state index is 12.6. The zero-order valence-corrected chi connectivity index (χ0v) is 16.7. The van der Waals surface area contributed by atoms with Gasteiger partial charge in [0, 0.05) is 32.1 Å². The van der Waals surface area contributed by atoms with E-state index in [0.29, 0.717) is 25.6 Å². The minimum absolute atomic E-state index is 0.0267. The maximum Gasteiger partial charge on any atom is 0.225 e. The molecule has 1 saturated carbocycles. The molecular weight excluding hydrogens is 352 g/mol. The summed E-state index contributed by atoms with van der Waals surface area (Å²) in [6.07, 6.45) is 7.08. The van der Waals surface area contributed by atoms with Crippen LogP contribution < -0.4 is 5.32 Å². The number of hydrogen-bond acceptors (Lipinski definition) is 3. The van der Waals surface area contributed by atoms with Gasteiger partial charge in [-0.05, 0) is 38.3 Å². The zero-order valence-electron chi connectivity index (χ0n) is 16.7. The Hall–Kier alpha value is -2.37. The van der Waals surface area contributed by atoms with Crippen LogP contribution in [0.2, 0.25) is 0 Å². The summed E-state index contributed by atoms with van der Waals surface area (Å²) in [7, 11) is 0. The van der Waals surface area contributed by atoms with Crippen molar-refractivity contribution in [2.45, 2.75) is 64.5 Å². The topological polar surface area (TPSA) is 67.2 Å². The minimum Gasteiger partial charge on any atom is -0.356 e. The van der Waals surface area contributed by atoms with Gasteiger partial charge in [0.05, 0.1) is 17.0 Å². The van der Waals surface area contributed by atoms with Crippen molar-refractivity contribution in [1.29, 1.82) is 0 Å². The molecule has 6 heteroatoms. The van der Waals surface area contributed by atoms with E-state index >= 15 is 0 Å². The Bertz CT molecular complexity index is 853. The molecule has 1 aromatic carbocycles. The van der Waals surface area contributed by atoms with Gasteiger partial charge in [-0.3, -0.25) is 9.59 Å². The lowest BCUT2D eigenvalue weighted by molar-refractivity contribution is -0.130. The molecule has 0 bridgehead atoms. The summed E-state index contributed by atoms with van der Waals surface area (Å²) in [6.45, 7) is 4.06. The largest absolute Gasteiger partial charge is 0.356 e. The average molecular weight is 383 g/mol. The van der Waals surface area contributed by atoms with Gasteiger partial charge in [-0.2, -0.15) is 0 Å². The molecule has 2 aliphatic rings. The molecule has 1 atom stereocenters. The van der Waals surface area contributed by atoms with Crippen LogP contribution in [-0.4, -0.2) is 45.4 Å². The average Bonchev–Trinajstić information content (AvgIpc) is 3.25. The van der Waals surface area contributed by atoms with Gasteiger partial charge < -0.3 is 14.8 Å². The highest BCUT2D eigenvalue weighted by Crippen LogP contribution is 2.28. The Labute approximate surface area is 166 Å². The number of aromatic nitrogens is 2. The second-order valence-corrected chi connectivity index (χ2v) is 8.18. The lowest BCUT2D eigenvalue weighted by atomic mass is 9.94. The number of carbonyl (C=O) groups excluding carboxylic acids is 2. The summed E-state index contributed by atoms with van der Waals surface area (Å²) < 4.78 is 2.20. The van der Waals surface area contributed by atoms with Crippen LogP contribution in [0.25, 0.3) is 11.0 Å². The number of hydrogen-bond donors (Lipinski definition) is 1. The van der Waals surface area contributed by atoms with Gasteiger partial charge >= 0.3 is 0 Å². The summed E-state index contributed by atoms with van der Waals surface area (Å²) >= 11 is 0. The van der Waals surface area contributed by atoms with Crippen LogP contribution in [-0.2, 0) is 16.1 Å². The number of nitrogens with one attached hydrogen (secondary N) is 1. The number of amides is 2. The number of rotatable bonds is 6. The molecule has 1 aliphatic carbocycles. The summed E-state index contributed by atoms with van der Waals surface area (Å²) in [4.78, 5) is 31.5. The van der Waals surface area contributed by atoms with Gasteiger partial charge in [-0.1, -0.05) is 31.4 Å². The molecule has 2 fully saturated rings. The molecule has 1 unspecified atom stereocenters. The number of nitrogens with zero attached hydrogens (tertiary/aromatic N) is 3. The third-order valence-electron chi connectivity index (χ3n) is 6.25. The molecule has 1 aliphatic heterocycles. The van der Waals surface area contributed by atoms with E-state index in [4.69, 9.17) is 0 Å². The predicted molar refractivity (Wildman–Crippen MR) is 109 cm³/mol. The van der Waals surface area contributed by atoms with Crippen LogP contribution in [0, 0.1) is 12.8 Å². The normalized spacial score (nSPS) is 20.8. The summed E-state index contributed by atoms with van der Waals surface area (Å²) in [5, 5.41) is 3.05. The molecule has 1 N–H and O–H groups in total. The van der Waals surface area contributed by atoms with Gasteiger partial charge in [-0.15, -0.1) is 0 Å². The lowest BCUT2D eigenvalue weighted by Crippen LogP contribution is -2.39. The third kappa shape index (κ3) is 3.91. The number of likely N-dealkylation sites (tertiary alicyclic amines) is 1. The van der Waals surface area contributed by atoms with E-state index in [2.05, 4.69) is 20.9 Å². The van der Waals surface area contributed by atoms with Crippen molar-refractivity contribution >= 4 is 22.8 Å². The highest BCUT2D eigenvalue weighted by molar-refractivity contribution is 5.89. The first-order valence-corrected chi connectivity index (χ1v) is 10.6. The monoisotopic (exact) mass is 382 g/mol. The van der Waals surface area contributed by atoms with Crippen molar-refractivity contribution < 1.29 is 9.59 Å². The highest BCUT2D eigenvalue weighted by Gasteiger charge is 2.37. The van der Waals surface area contributed by atoms with Crippen molar-refractivity contribution in [2.24, 2.45) is 5.92 Å². The Kier molecular flexibility index (Phi) is 5.64. The number of fused-ring (bicyclic) bond motifs is 1. The van der Waals surface area contributed by atoms with E-state index in [1.807, 2.05) is 30.0 Å². The van der Waals surface area contributed by atoms with Crippen LogP contribution in [0.5, 0.6) is 0 Å². The highest BCUT2D eigenvalue weighted by atomic mass is 16.2. The number of carbonyl (C=O) groups is 2. The molecule has 150 valence electrons. The van der Waals surface area contributed by atoms with Gasteiger partial charge in [0.1, 0.15) is 5.82 Å².